The lowest BCUT2D eigenvalue weighted by atomic mass is 9.76. The van der Waals surface area contributed by atoms with Crippen LogP contribution in [0.25, 0.3) is 0 Å². The lowest BCUT2D eigenvalue weighted by molar-refractivity contribution is -0.0846. The van der Waals surface area contributed by atoms with E-state index < -0.39 is 5.60 Å². The summed E-state index contributed by atoms with van der Waals surface area (Å²) in [6.07, 6.45) is 6.41. The van der Waals surface area contributed by atoms with E-state index in [9.17, 15) is 5.11 Å². The zero-order valence-corrected chi connectivity index (χ0v) is 18.3. The zero-order valence-electron chi connectivity index (χ0n) is 18.3. The molecule has 2 heteroatoms. The van der Waals surface area contributed by atoms with Crippen molar-refractivity contribution in [1.29, 1.82) is 0 Å². The van der Waals surface area contributed by atoms with Crippen LogP contribution in [0.15, 0.2) is 24.3 Å². The van der Waals surface area contributed by atoms with Crippen molar-refractivity contribution in [3.8, 4) is 0 Å². The van der Waals surface area contributed by atoms with Gasteiger partial charge < -0.3 is 9.84 Å². The van der Waals surface area contributed by atoms with Crippen molar-refractivity contribution in [2.75, 3.05) is 6.61 Å². The highest BCUT2D eigenvalue weighted by atomic mass is 16.5. The van der Waals surface area contributed by atoms with Gasteiger partial charge in [0.2, 0.25) is 0 Å². The predicted octanol–water partition coefficient (Wildman–Crippen LogP) is 6.74. The van der Waals surface area contributed by atoms with E-state index in [-0.39, 0.29) is 11.0 Å². The molecule has 0 bridgehead atoms. The van der Waals surface area contributed by atoms with Gasteiger partial charge in [0.05, 0.1) is 17.8 Å². The van der Waals surface area contributed by atoms with Crippen LogP contribution in [0, 0.1) is 0 Å². The first-order chi connectivity index (χ1) is 12.3. The fraction of sp³-hybridized carbons (Fsp3) is 0.750. The smallest absolute Gasteiger partial charge is 0.0926 e. The second kappa shape index (κ2) is 9.90. The van der Waals surface area contributed by atoms with E-state index in [1.165, 1.54) is 11.1 Å². The fourth-order valence-electron chi connectivity index (χ4n) is 3.82. The van der Waals surface area contributed by atoms with Crippen molar-refractivity contribution in [3.05, 3.63) is 35.4 Å². The molecule has 0 aliphatic heterocycles. The highest BCUT2D eigenvalue weighted by Crippen LogP contribution is 2.38. The fourth-order valence-corrected chi connectivity index (χ4v) is 3.82. The molecule has 1 aromatic carbocycles. The summed E-state index contributed by atoms with van der Waals surface area (Å²) in [7, 11) is 0. The number of hydrogen-bond acceptors (Lipinski definition) is 2. The summed E-state index contributed by atoms with van der Waals surface area (Å²) in [4.78, 5) is 0. The molecule has 2 nitrogen and oxygen atoms in total. The summed E-state index contributed by atoms with van der Waals surface area (Å²) in [5.74, 6) is 0. The first-order valence-corrected chi connectivity index (χ1v) is 10.8. The Hall–Kier alpha value is -0.860. The van der Waals surface area contributed by atoms with Gasteiger partial charge in [0.1, 0.15) is 0 Å². The Morgan fingerprint density at radius 1 is 0.808 bits per heavy atom. The van der Waals surface area contributed by atoms with Crippen LogP contribution in [0.5, 0.6) is 0 Å². The Labute approximate surface area is 162 Å². The van der Waals surface area contributed by atoms with Gasteiger partial charge in [-0.3, -0.25) is 0 Å². The molecule has 150 valence electrons. The van der Waals surface area contributed by atoms with Gasteiger partial charge in [0.25, 0.3) is 0 Å². The average molecular weight is 363 g/mol. The quantitative estimate of drug-likeness (QED) is 0.446. The third kappa shape index (κ3) is 5.10. The van der Waals surface area contributed by atoms with E-state index >= 15 is 0 Å². The van der Waals surface area contributed by atoms with Crippen LogP contribution in [0.2, 0.25) is 0 Å². The van der Waals surface area contributed by atoms with Gasteiger partial charge in [-0.25, -0.2) is 0 Å². The zero-order chi connectivity index (χ0) is 19.8. The molecule has 0 atom stereocenters. The number of benzene rings is 1. The third-order valence-corrected chi connectivity index (χ3v) is 7.05. The lowest BCUT2D eigenvalue weighted by Crippen LogP contribution is -2.34. The minimum atomic E-state index is -0.599. The van der Waals surface area contributed by atoms with Crippen LogP contribution in [-0.2, 0) is 15.8 Å². The van der Waals surface area contributed by atoms with E-state index in [1.54, 1.807) is 0 Å². The molecule has 0 amide bonds. The van der Waals surface area contributed by atoms with Crippen LogP contribution in [0.4, 0.5) is 0 Å². The number of ether oxygens (including phenoxy) is 1. The molecular formula is C24H42O2. The summed E-state index contributed by atoms with van der Waals surface area (Å²) in [5.41, 5.74) is 2.05. The minimum absolute atomic E-state index is 0.216. The van der Waals surface area contributed by atoms with Crippen LogP contribution >= 0.6 is 0 Å². The van der Waals surface area contributed by atoms with Crippen molar-refractivity contribution < 1.29 is 9.84 Å². The molecule has 0 fully saturated rings. The summed E-state index contributed by atoms with van der Waals surface area (Å²) in [6.45, 7) is 16.0. The molecule has 1 N–H and O–H groups in total. The Morgan fingerprint density at radius 2 is 1.35 bits per heavy atom. The Morgan fingerprint density at radius 3 is 1.81 bits per heavy atom. The highest BCUT2D eigenvalue weighted by Gasteiger charge is 2.32. The summed E-state index contributed by atoms with van der Waals surface area (Å²) >= 11 is 0. The molecule has 0 spiro atoms. The minimum Gasteiger partial charge on any atom is -0.390 e. The molecule has 0 radical (unpaired) electrons. The van der Waals surface area contributed by atoms with E-state index in [0.29, 0.717) is 13.0 Å². The summed E-state index contributed by atoms with van der Waals surface area (Å²) in [5, 5.41) is 10.6. The highest BCUT2D eigenvalue weighted by molar-refractivity contribution is 5.33. The van der Waals surface area contributed by atoms with Crippen LogP contribution in [0.3, 0.4) is 0 Å². The van der Waals surface area contributed by atoms with Crippen molar-refractivity contribution in [3.63, 3.8) is 0 Å². The number of aliphatic hydroxyl groups is 1. The van der Waals surface area contributed by atoms with E-state index in [2.05, 4.69) is 72.7 Å². The standard InChI is InChI=1S/C24H42O2/c1-8-22(7,9-2)20-15-14-16-21(19-20)24(12-5,13-6)26-18-17-23(25,10-3)11-4/h14-16,19,25H,8-13,17-18H2,1-7H3. The van der Waals surface area contributed by atoms with Gasteiger partial charge in [0.15, 0.2) is 0 Å². The van der Waals surface area contributed by atoms with E-state index in [0.717, 1.165) is 38.5 Å². The van der Waals surface area contributed by atoms with Gasteiger partial charge in [-0.05, 0) is 61.5 Å². The SMILES string of the molecule is CCC(O)(CC)CCOC(CC)(CC)c1cccc(C(C)(CC)CC)c1. The van der Waals surface area contributed by atoms with Gasteiger partial charge in [-0.2, -0.15) is 0 Å². The van der Waals surface area contributed by atoms with Gasteiger partial charge in [0, 0.05) is 0 Å². The van der Waals surface area contributed by atoms with Crippen LogP contribution in [-0.4, -0.2) is 17.3 Å². The maximum Gasteiger partial charge on any atom is 0.0926 e. The second-order valence-corrected chi connectivity index (χ2v) is 8.08. The summed E-state index contributed by atoms with van der Waals surface area (Å²) in [6, 6.07) is 9.03. The van der Waals surface area contributed by atoms with Crippen LogP contribution < -0.4 is 0 Å². The van der Waals surface area contributed by atoms with Crippen molar-refractivity contribution in [1.82, 2.24) is 0 Å². The van der Waals surface area contributed by atoms with Crippen molar-refractivity contribution in [2.45, 2.75) is 110 Å². The maximum atomic E-state index is 10.6. The molecule has 1 aromatic rings. The topological polar surface area (TPSA) is 29.5 Å². The van der Waals surface area contributed by atoms with Gasteiger partial charge in [-0.1, -0.05) is 72.7 Å². The number of rotatable bonds is 12. The molecule has 0 saturated carbocycles. The molecule has 0 unspecified atom stereocenters. The molecule has 0 aromatic heterocycles. The lowest BCUT2D eigenvalue weighted by Gasteiger charge is -2.36. The van der Waals surface area contributed by atoms with Crippen LogP contribution in [0.1, 0.15) is 105 Å². The molecule has 0 aliphatic carbocycles. The Bertz CT molecular complexity index is 523. The first kappa shape index (κ1) is 23.2. The second-order valence-electron chi connectivity index (χ2n) is 8.08. The van der Waals surface area contributed by atoms with E-state index in [1.807, 2.05) is 0 Å². The number of hydrogen-bond donors (Lipinski definition) is 1. The van der Waals surface area contributed by atoms with Gasteiger partial charge in [-0.15, -0.1) is 0 Å². The Balaban J connectivity index is 3.09. The Kier molecular flexibility index (Phi) is 8.82. The first-order valence-electron chi connectivity index (χ1n) is 10.8. The molecule has 0 saturated heterocycles. The molecule has 26 heavy (non-hydrogen) atoms. The molecule has 1 rings (SSSR count). The average Bonchev–Trinajstić information content (AvgIpc) is 2.70. The molecule has 0 aliphatic rings. The summed E-state index contributed by atoms with van der Waals surface area (Å²) < 4.78 is 6.49. The van der Waals surface area contributed by atoms with Crippen molar-refractivity contribution in [2.24, 2.45) is 0 Å². The van der Waals surface area contributed by atoms with E-state index in [4.69, 9.17) is 4.74 Å². The predicted molar refractivity (Wildman–Crippen MR) is 113 cm³/mol. The monoisotopic (exact) mass is 362 g/mol. The van der Waals surface area contributed by atoms with Crippen molar-refractivity contribution >= 4 is 0 Å². The maximum absolute atomic E-state index is 10.6. The third-order valence-electron chi connectivity index (χ3n) is 7.05. The van der Waals surface area contributed by atoms with Gasteiger partial charge >= 0.3 is 0 Å². The largest absolute Gasteiger partial charge is 0.390 e. The molecular weight excluding hydrogens is 320 g/mol. The molecule has 0 heterocycles. The normalized spacial score (nSPS) is 13.2.